The predicted molar refractivity (Wildman–Crippen MR) is 105 cm³/mol. The minimum absolute atomic E-state index is 0.0208. The van der Waals surface area contributed by atoms with Crippen LogP contribution in [0.4, 0.5) is 5.69 Å². The Hall–Kier alpha value is -3.38. The van der Waals surface area contributed by atoms with Gasteiger partial charge in [0, 0.05) is 35.1 Å². The number of nitrogens with zero attached hydrogens (tertiary/aromatic N) is 5. The first kappa shape index (κ1) is 19.9. The number of non-ortho nitro benzene ring substituents is 1. The molecule has 0 N–H and O–H groups in total. The molecule has 0 bridgehead atoms. The van der Waals surface area contributed by atoms with E-state index in [2.05, 4.69) is 15.5 Å². The Kier molecular flexibility index (Phi) is 5.68. The molecule has 0 unspecified atom stereocenters. The van der Waals surface area contributed by atoms with Crippen molar-refractivity contribution in [3.05, 3.63) is 51.6 Å². The molecule has 0 amide bonds. The van der Waals surface area contributed by atoms with Gasteiger partial charge in [-0.1, -0.05) is 11.8 Å². The third-order valence-corrected chi connectivity index (χ3v) is 5.36. The summed E-state index contributed by atoms with van der Waals surface area (Å²) in [6.45, 7) is 0.356. The average molecular weight is 431 g/mol. The van der Waals surface area contributed by atoms with Crippen LogP contribution in [0.25, 0.3) is 5.69 Å². The van der Waals surface area contributed by atoms with Crippen molar-refractivity contribution >= 4 is 17.4 Å². The van der Waals surface area contributed by atoms with Crippen LogP contribution >= 0.6 is 11.8 Å². The summed E-state index contributed by atoms with van der Waals surface area (Å²) in [6, 6.07) is 8.25. The molecule has 30 heavy (non-hydrogen) atoms. The van der Waals surface area contributed by atoms with E-state index in [-0.39, 0.29) is 19.1 Å². The highest BCUT2D eigenvalue weighted by Crippen LogP contribution is 2.37. The van der Waals surface area contributed by atoms with Gasteiger partial charge in [0.1, 0.15) is 22.9 Å². The van der Waals surface area contributed by atoms with Gasteiger partial charge in [0.2, 0.25) is 5.16 Å². The molecule has 0 atom stereocenters. The quantitative estimate of drug-likeness (QED) is 0.313. The van der Waals surface area contributed by atoms with E-state index in [9.17, 15) is 10.1 Å². The summed E-state index contributed by atoms with van der Waals surface area (Å²) in [5.74, 6) is 2.14. The normalized spacial score (nSPS) is 12.7. The first-order chi connectivity index (χ1) is 14.6. The van der Waals surface area contributed by atoms with Gasteiger partial charge < -0.3 is 18.9 Å². The van der Waals surface area contributed by atoms with E-state index in [0.717, 1.165) is 0 Å². The molecule has 0 fully saturated rings. The third kappa shape index (κ3) is 3.86. The number of tetrazole rings is 1. The number of rotatable bonds is 7. The Morgan fingerprint density at radius 3 is 2.90 bits per heavy atom. The molecule has 0 saturated carbocycles. The van der Waals surface area contributed by atoms with Crippen LogP contribution in [-0.4, -0.2) is 46.1 Å². The van der Waals surface area contributed by atoms with Crippen LogP contribution in [0.5, 0.6) is 17.2 Å². The van der Waals surface area contributed by atoms with Gasteiger partial charge in [-0.05, 0) is 22.6 Å². The summed E-state index contributed by atoms with van der Waals surface area (Å²) in [5.41, 5.74) is 1.89. The summed E-state index contributed by atoms with van der Waals surface area (Å²) in [6.07, 6.45) is 0. The van der Waals surface area contributed by atoms with Crippen LogP contribution < -0.4 is 14.2 Å². The van der Waals surface area contributed by atoms with Crippen molar-refractivity contribution in [2.24, 2.45) is 0 Å². The Balaban J connectivity index is 1.65. The minimum Gasteiger partial charge on any atom is -0.497 e. The third-order valence-electron chi connectivity index (χ3n) is 4.39. The first-order valence-corrected chi connectivity index (χ1v) is 9.73. The summed E-state index contributed by atoms with van der Waals surface area (Å²) < 4.78 is 23.1. The fourth-order valence-electron chi connectivity index (χ4n) is 3.02. The van der Waals surface area contributed by atoms with Gasteiger partial charge >= 0.3 is 0 Å². The molecular weight excluding hydrogens is 414 g/mol. The van der Waals surface area contributed by atoms with Crippen LogP contribution in [0.3, 0.4) is 0 Å². The molecule has 1 aliphatic rings. The van der Waals surface area contributed by atoms with Crippen molar-refractivity contribution in [1.29, 1.82) is 0 Å². The number of thioether (sulfide) groups is 1. The SMILES string of the molecule is COc1ccc(OC)c(-n2nnnc2SCc2cc([N+](=O)[O-])cc3c2OCOC3)c1. The maximum atomic E-state index is 11.3. The molecule has 1 aliphatic heterocycles. The van der Waals surface area contributed by atoms with Crippen molar-refractivity contribution in [3.8, 4) is 22.9 Å². The number of hydrogen-bond acceptors (Lipinski definition) is 10. The zero-order chi connectivity index (χ0) is 21.1. The molecular formula is C18H17N5O6S. The monoisotopic (exact) mass is 431 g/mol. The van der Waals surface area contributed by atoms with Crippen LogP contribution in [-0.2, 0) is 17.1 Å². The summed E-state index contributed by atoms with van der Waals surface area (Å²) in [5, 5.41) is 23.7. The van der Waals surface area contributed by atoms with E-state index in [4.69, 9.17) is 18.9 Å². The number of nitro benzene ring substituents is 1. The molecule has 4 rings (SSSR count). The van der Waals surface area contributed by atoms with Crippen molar-refractivity contribution in [2.75, 3.05) is 21.0 Å². The number of nitro groups is 1. The maximum Gasteiger partial charge on any atom is 0.270 e. The second-order valence-corrected chi connectivity index (χ2v) is 7.10. The lowest BCUT2D eigenvalue weighted by atomic mass is 10.1. The number of ether oxygens (including phenoxy) is 4. The molecule has 12 heteroatoms. The number of aromatic nitrogens is 4. The fourth-order valence-corrected chi connectivity index (χ4v) is 3.87. The highest BCUT2D eigenvalue weighted by Gasteiger charge is 2.22. The van der Waals surface area contributed by atoms with Crippen molar-refractivity contribution in [3.63, 3.8) is 0 Å². The smallest absolute Gasteiger partial charge is 0.270 e. The van der Waals surface area contributed by atoms with E-state index >= 15 is 0 Å². The van der Waals surface area contributed by atoms with E-state index < -0.39 is 4.92 Å². The molecule has 2 heterocycles. The van der Waals surface area contributed by atoms with E-state index in [1.807, 2.05) is 0 Å². The first-order valence-electron chi connectivity index (χ1n) is 8.75. The van der Waals surface area contributed by atoms with Gasteiger partial charge in [-0.2, -0.15) is 4.68 Å². The molecule has 0 aliphatic carbocycles. The summed E-state index contributed by atoms with van der Waals surface area (Å²) in [4.78, 5) is 10.9. The lowest BCUT2D eigenvalue weighted by molar-refractivity contribution is -0.385. The van der Waals surface area contributed by atoms with E-state index in [0.29, 0.717) is 45.0 Å². The van der Waals surface area contributed by atoms with Crippen LogP contribution in [0.15, 0.2) is 35.5 Å². The molecule has 156 valence electrons. The van der Waals surface area contributed by atoms with E-state index in [1.165, 1.54) is 28.6 Å². The lowest BCUT2D eigenvalue weighted by Crippen LogP contribution is -2.13. The number of benzene rings is 2. The van der Waals surface area contributed by atoms with Crippen molar-refractivity contribution in [2.45, 2.75) is 17.5 Å². The molecule has 3 aromatic rings. The largest absolute Gasteiger partial charge is 0.497 e. The second kappa shape index (κ2) is 8.55. The topological polar surface area (TPSA) is 124 Å². The van der Waals surface area contributed by atoms with Crippen LogP contribution in [0, 0.1) is 10.1 Å². The molecule has 2 aromatic carbocycles. The van der Waals surface area contributed by atoms with Crippen molar-refractivity contribution in [1.82, 2.24) is 20.2 Å². The minimum atomic E-state index is -0.436. The Morgan fingerprint density at radius 1 is 1.27 bits per heavy atom. The van der Waals surface area contributed by atoms with Crippen molar-refractivity contribution < 1.29 is 23.9 Å². The maximum absolute atomic E-state index is 11.3. The number of methoxy groups -OCH3 is 2. The number of hydrogen-bond donors (Lipinski definition) is 0. The van der Waals surface area contributed by atoms with Gasteiger partial charge in [-0.15, -0.1) is 5.10 Å². The van der Waals surface area contributed by atoms with Gasteiger partial charge in [0.25, 0.3) is 5.69 Å². The van der Waals surface area contributed by atoms with Gasteiger partial charge in [0.15, 0.2) is 6.79 Å². The van der Waals surface area contributed by atoms with Gasteiger partial charge in [0.05, 0.1) is 25.7 Å². The van der Waals surface area contributed by atoms with Crippen LogP contribution in [0.2, 0.25) is 0 Å². The predicted octanol–water partition coefficient (Wildman–Crippen LogP) is 2.75. The Labute approximate surface area is 175 Å². The lowest BCUT2D eigenvalue weighted by Gasteiger charge is -2.20. The second-order valence-electron chi connectivity index (χ2n) is 6.16. The summed E-state index contributed by atoms with van der Waals surface area (Å²) in [7, 11) is 3.12. The average Bonchev–Trinajstić information content (AvgIpc) is 3.25. The molecule has 0 radical (unpaired) electrons. The van der Waals surface area contributed by atoms with Gasteiger partial charge in [-0.3, -0.25) is 10.1 Å². The van der Waals surface area contributed by atoms with Crippen LogP contribution in [0.1, 0.15) is 11.1 Å². The molecule has 11 nitrogen and oxygen atoms in total. The standard InChI is InChI=1S/C18H17N5O6S/c1-26-14-3-4-16(27-2)15(7-14)22-18(19-20-21-22)30-9-12-6-13(23(24)25)5-11-8-28-10-29-17(11)12/h3-7H,8-10H2,1-2H3. The highest BCUT2D eigenvalue weighted by atomic mass is 32.2. The fraction of sp³-hybridized carbons (Fsp3) is 0.278. The Morgan fingerprint density at radius 2 is 2.13 bits per heavy atom. The zero-order valence-corrected chi connectivity index (χ0v) is 16.9. The molecule has 1 aromatic heterocycles. The van der Waals surface area contributed by atoms with E-state index in [1.54, 1.807) is 32.4 Å². The highest BCUT2D eigenvalue weighted by molar-refractivity contribution is 7.98. The zero-order valence-electron chi connectivity index (χ0n) is 16.1. The molecule has 0 spiro atoms. The Bertz CT molecular complexity index is 1090. The number of fused-ring (bicyclic) bond motifs is 1. The summed E-state index contributed by atoms with van der Waals surface area (Å²) >= 11 is 1.31. The van der Waals surface area contributed by atoms with Gasteiger partial charge in [-0.25, -0.2) is 0 Å². The molecule has 0 saturated heterocycles.